The minimum absolute atomic E-state index is 0.133. The standard InChI is InChI=1S/C18H28N2O3/c1-2-5-23-17(22)20-4-3-19-16(21)12-18-9-13-6-14(10-18)8-15(7-13)11-18/h2,13-15H,1,3-12H2,(H,19,21)(H,20,22). The molecule has 4 aliphatic carbocycles. The maximum atomic E-state index is 12.3. The van der Waals surface area contributed by atoms with E-state index in [0.717, 1.165) is 17.8 Å². The van der Waals surface area contributed by atoms with Gasteiger partial charge in [-0.15, -0.1) is 0 Å². The Hall–Kier alpha value is -1.52. The second-order valence-electron chi connectivity index (χ2n) is 7.76. The number of ether oxygens (including phenoxy) is 1. The summed E-state index contributed by atoms with van der Waals surface area (Å²) in [4.78, 5) is 23.5. The molecule has 4 bridgehead atoms. The van der Waals surface area contributed by atoms with Crippen LogP contribution in [-0.2, 0) is 9.53 Å². The maximum Gasteiger partial charge on any atom is 0.407 e. The first-order chi connectivity index (χ1) is 11.1. The second-order valence-corrected chi connectivity index (χ2v) is 7.76. The van der Waals surface area contributed by atoms with E-state index in [0.29, 0.717) is 19.5 Å². The predicted molar refractivity (Wildman–Crippen MR) is 87.8 cm³/mol. The highest BCUT2D eigenvalue weighted by atomic mass is 16.5. The first-order valence-corrected chi connectivity index (χ1v) is 8.87. The van der Waals surface area contributed by atoms with Crippen molar-refractivity contribution in [3.63, 3.8) is 0 Å². The van der Waals surface area contributed by atoms with Crippen LogP contribution in [0, 0.1) is 23.2 Å². The van der Waals surface area contributed by atoms with Crippen molar-refractivity contribution in [2.45, 2.75) is 44.9 Å². The van der Waals surface area contributed by atoms with Gasteiger partial charge in [-0.1, -0.05) is 12.7 Å². The molecule has 0 spiro atoms. The molecular weight excluding hydrogens is 292 g/mol. The molecule has 0 aromatic heterocycles. The average molecular weight is 320 g/mol. The van der Waals surface area contributed by atoms with Gasteiger partial charge in [0.15, 0.2) is 0 Å². The number of carbonyl (C=O) groups is 2. The van der Waals surface area contributed by atoms with E-state index in [4.69, 9.17) is 4.74 Å². The van der Waals surface area contributed by atoms with Gasteiger partial charge in [0.1, 0.15) is 6.61 Å². The van der Waals surface area contributed by atoms with Crippen LogP contribution >= 0.6 is 0 Å². The van der Waals surface area contributed by atoms with Gasteiger partial charge in [-0.05, 0) is 61.7 Å². The van der Waals surface area contributed by atoms with Crippen molar-refractivity contribution in [3.8, 4) is 0 Å². The topological polar surface area (TPSA) is 67.4 Å². The van der Waals surface area contributed by atoms with Crippen molar-refractivity contribution in [2.24, 2.45) is 23.2 Å². The quantitative estimate of drug-likeness (QED) is 0.560. The van der Waals surface area contributed by atoms with E-state index in [1.165, 1.54) is 44.6 Å². The Morgan fingerprint density at radius 1 is 1.04 bits per heavy atom. The lowest BCUT2D eigenvalue weighted by Crippen LogP contribution is -2.48. The summed E-state index contributed by atoms with van der Waals surface area (Å²) in [6, 6.07) is 0. The average Bonchev–Trinajstić information content (AvgIpc) is 2.47. The number of carbonyl (C=O) groups excluding carboxylic acids is 2. The first kappa shape index (κ1) is 16.3. The molecule has 0 atom stereocenters. The maximum absolute atomic E-state index is 12.3. The Balaban J connectivity index is 1.37. The summed E-state index contributed by atoms with van der Waals surface area (Å²) >= 11 is 0. The second kappa shape index (κ2) is 6.93. The van der Waals surface area contributed by atoms with Gasteiger partial charge < -0.3 is 15.4 Å². The molecule has 0 unspecified atom stereocenters. The van der Waals surface area contributed by atoms with Crippen LogP contribution in [0.5, 0.6) is 0 Å². The summed E-state index contributed by atoms with van der Waals surface area (Å²) in [6.45, 7) is 4.52. The zero-order valence-electron chi connectivity index (χ0n) is 13.8. The minimum Gasteiger partial charge on any atom is -0.445 e. The molecule has 5 heteroatoms. The fourth-order valence-corrected chi connectivity index (χ4v) is 5.46. The van der Waals surface area contributed by atoms with Gasteiger partial charge in [-0.25, -0.2) is 4.79 Å². The molecule has 0 saturated heterocycles. The molecule has 2 amide bonds. The molecule has 4 saturated carbocycles. The summed E-state index contributed by atoms with van der Waals surface area (Å²) in [6.07, 6.45) is 9.66. The van der Waals surface area contributed by atoms with E-state index < -0.39 is 6.09 Å². The summed E-state index contributed by atoms with van der Waals surface area (Å²) in [5.41, 5.74) is 0.273. The molecule has 2 N–H and O–H groups in total. The van der Waals surface area contributed by atoms with Crippen molar-refractivity contribution >= 4 is 12.0 Å². The van der Waals surface area contributed by atoms with Gasteiger partial charge in [0.05, 0.1) is 0 Å². The zero-order chi connectivity index (χ0) is 16.3. The molecule has 0 aliphatic heterocycles. The summed E-state index contributed by atoms with van der Waals surface area (Å²) in [5.74, 6) is 2.74. The number of rotatable bonds is 7. The Morgan fingerprint density at radius 3 is 2.17 bits per heavy atom. The molecular formula is C18H28N2O3. The highest BCUT2D eigenvalue weighted by molar-refractivity contribution is 5.76. The Kier molecular flexibility index (Phi) is 4.93. The lowest BCUT2D eigenvalue weighted by Gasteiger charge is -2.56. The third kappa shape index (κ3) is 4.06. The third-order valence-electron chi connectivity index (χ3n) is 5.75. The fourth-order valence-electron chi connectivity index (χ4n) is 5.46. The van der Waals surface area contributed by atoms with Gasteiger partial charge in [0.2, 0.25) is 5.91 Å². The molecule has 0 radical (unpaired) electrons. The van der Waals surface area contributed by atoms with E-state index in [1.54, 1.807) is 0 Å². The van der Waals surface area contributed by atoms with Crippen LogP contribution in [0.15, 0.2) is 12.7 Å². The van der Waals surface area contributed by atoms with E-state index >= 15 is 0 Å². The van der Waals surface area contributed by atoms with Crippen LogP contribution in [0.3, 0.4) is 0 Å². The fraction of sp³-hybridized carbons (Fsp3) is 0.778. The van der Waals surface area contributed by atoms with Crippen molar-refractivity contribution in [1.29, 1.82) is 0 Å². The van der Waals surface area contributed by atoms with Crippen LogP contribution in [0.4, 0.5) is 4.79 Å². The summed E-state index contributed by atoms with van der Waals surface area (Å²) in [7, 11) is 0. The summed E-state index contributed by atoms with van der Waals surface area (Å²) < 4.78 is 4.81. The normalized spacial score (nSPS) is 34.0. The number of alkyl carbamates (subject to hydrolysis) is 1. The Labute approximate surface area is 138 Å². The van der Waals surface area contributed by atoms with E-state index in [1.807, 2.05) is 0 Å². The van der Waals surface area contributed by atoms with Crippen LogP contribution in [-0.4, -0.2) is 31.7 Å². The molecule has 0 aromatic carbocycles. The predicted octanol–water partition coefficient (Wildman–Crippen LogP) is 2.62. The van der Waals surface area contributed by atoms with E-state index in [2.05, 4.69) is 17.2 Å². The molecule has 4 rings (SSSR count). The molecule has 0 heterocycles. The van der Waals surface area contributed by atoms with Crippen LogP contribution < -0.4 is 10.6 Å². The van der Waals surface area contributed by atoms with Gasteiger partial charge in [-0.3, -0.25) is 4.79 Å². The SMILES string of the molecule is C=CCOC(=O)NCCNC(=O)CC12CC3CC(CC(C3)C1)C2. The zero-order valence-corrected chi connectivity index (χ0v) is 13.8. The molecule has 128 valence electrons. The van der Waals surface area contributed by atoms with Gasteiger partial charge in [0.25, 0.3) is 0 Å². The first-order valence-electron chi connectivity index (χ1n) is 8.87. The molecule has 4 aliphatic rings. The molecule has 0 aromatic rings. The molecule has 4 fully saturated rings. The van der Waals surface area contributed by atoms with Crippen molar-refractivity contribution < 1.29 is 14.3 Å². The lowest BCUT2D eigenvalue weighted by atomic mass is 9.49. The highest BCUT2D eigenvalue weighted by Gasteiger charge is 2.51. The third-order valence-corrected chi connectivity index (χ3v) is 5.75. The monoisotopic (exact) mass is 320 g/mol. The highest BCUT2D eigenvalue weighted by Crippen LogP contribution is 2.61. The number of nitrogens with one attached hydrogen (secondary N) is 2. The van der Waals surface area contributed by atoms with Gasteiger partial charge in [0, 0.05) is 19.5 Å². The minimum atomic E-state index is -0.472. The lowest BCUT2D eigenvalue weighted by molar-refractivity contribution is -0.129. The summed E-state index contributed by atoms with van der Waals surface area (Å²) in [5, 5.41) is 5.55. The number of amides is 2. The van der Waals surface area contributed by atoms with Crippen LogP contribution in [0.1, 0.15) is 44.9 Å². The van der Waals surface area contributed by atoms with Crippen LogP contribution in [0.25, 0.3) is 0 Å². The molecule has 5 nitrogen and oxygen atoms in total. The van der Waals surface area contributed by atoms with Gasteiger partial charge in [-0.2, -0.15) is 0 Å². The smallest absolute Gasteiger partial charge is 0.407 e. The van der Waals surface area contributed by atoms with Crippen molar-refractivity contribution in [3.05, 3.63) is 12.7 Å². The number of hydrogen-bond donors (Lipinski definition) is 2. The number of hydrogen-bond acceptors (Lipinski definition) is 3. The van der Waals surface area contributed by atoms with Crippen molar-refractivity contribution in [1.82, 2.24) is 10.6 Å². The van der Waals surface area contributed by atoms with E-state index in [-0.39, 0.29) is 17.9 Å². The van der Waals surface area contributed by atoms with Crippen molar-refractivity contribution in [2.75, 3.05) is 19.7 Å². The largest absolute Gasteiger partial charge is 0.445 e. The Morgan fingerprint density at radius 2 is 1.61 bits per heavy atom. The van der Waals surface area contributed by atoms with Crippen LogP contribution in [0.2, 0.25) is 0 Å². The Bertz CT molecular complexity index is 440. The van der Waals surface area contributed by atoms with E-state index in [9.17, 15) is 9.59 Å². The molecule has 23 heavy (non-hydrogen) atoms. The van der Waals surface area contributed by atoms with Gasteiger partial charge >= 0.3 is 6.09 Å².